The molecule has 3 nitrogen and oxygen atoms in total. The van der Waals surface area contributed by atoms with E-state index in [2.05, 4.69) is 0 Å². The number of aliphatic hydroxyl groups is 1. The Morgan fingerprint density at radius 1 is 1.19 bits per heavy atom. The van der Waals surface area contributed by atoms with Crippen molar-refractivity contribution in [3.05, 3.63) is 48.0 Å². The summed E-state index contributed by atoms with van der Waals surface area (Å²) in [5, 5.41) is 13.0. The van der Waals surface area contributed by atoms with E-state index in [0.29, 0.717) is 6.42 Å². The average Bonchev–Trinajstić information content (AvgIpc) is 2.53. The van der Waals surface area contributed by atoms with Crippen LogP contribution in [-0.4, -0.2) is 23.3 Å². The molecule has 2 rings (SSSR count). The first-order valence-corrected chi connectivity index (χ1v) is 7.41. The highest BCUT2D eigenvalue weighted by molar-refractivity contribution is 5.88. The molecule has 0 fully saturated rings. The van der Waals surface area contributed by atoms with Crippen LogP contribution in [-0.2, 0) is 9.53 Å². The lowest BCUT2D eigenvalue weighted by molar-refractivity contribution is -0.167. The van der Waals surface area contributed by atoms with Crippen molar-refractivity contribution >= 4 is 16.7 Å². The van der Waals surface area contributed by atoms with Crippen LogP contribution in [0, 0.1) is 0 Å². The van der Waals surface area contributed by atoms with Gasteiger partial charge in [0.25, 0.3) is 0 Å². The summed E-state index contributed by atoms with van der Waals surface area (Å²) in [6.07, 6.45) is 0.316. The fourth-order valence-corrected chi connectivity index (χ4v) is 2.77. The molecule has 0 bridgehead atoms. The summed E-state index contributed by atoms with van der Waals surface area (Å²) in [6.45, 7) is 5.70. The molecule has 0 radical (unpaired) electrons. The highest BCUT2D eigenvalue weighted by Crippen LogP contribution is 2.35. The van der Waals surface area contributed by atoms with E-state index < -0.39 is 11.6 Å². The maximum atomic E-state index is 12.2. The number of rotatable bonds is 5. The molecule has 0 saturated carbocycles. The molecule has 0 aromatic heterocycles. The lowest BCUT2D eigenvalue weighted by Crippen LogP contribution is -2.44. The zero-order valence-corrected chi connectivity index (χ0v) is 12.8. The minimum atomic E-state index is -1.50. The van der Waals surface area contributed by atoms with Crippen molar-refractivity contribution in [1.29, 1.82) is 0 Å². The Bertz CT molecular complexity index is 630. The van der Waals surface area contributed by atoms with Gasteiger partial charge in [0.05, 0.1) is 6.61 Å². The van der Waals surface area contributed by atoms with Gasteiger partial charge in [-0.25, -0.2) is 4.79 Å². The van der Waals surface area contributed by atoms with Crippen LogP contribution in [0.15, 0.2) is 42.5 Å². The van der Waals surface area contributed by atoms with Crippen LogP contribution in [0.25, 0.3) is 10.8 Å². The minimum absolute atomic E-state index is 0.267. The maximum Gasteiger partial charge on any atom is 0.338 e. The van der Waals surface area contributed by atoms with Gasteiger partial charge in [-0.1, -0.05) is 56.3 Å². The summed E-state index contributed by atoms with van der Waals surface area (Å²) in [7, 11) is 0. The number of carbonyl (C=O) groups is 1. The number of hydrogen-bond donors (Lipinski definition) is 1. The molecule has 0 aliphatic heterocycles. The summed E-state index contributed by atoms with van der Waals surface area (Å²) in [5.74, 6) is -0.888. The Morgan fingerprint density at radius 2 is 1.86 bits per heavy atom. The van der Waals surface area contributed by atoms with Gasteiger partial charge in [0.1, 0.15) is 0 Å². The number of hydrogen-bond acceptors (Lipinski definition) is 3. The lowest BCUT2D eigenvalue weighted by Gasteiger charge is -2.31. The number of esters is 1. The molecule has 21 heavy (non-hydrogen) atoms. The first kappa shape index (κ1) is 15.5. The molecule has 2 unspecified atom stereocenters. The second-order valence-corrected chi connectivity index (χ2v) is 5.29. The van der Waals surface area contributed by atoms with E-state index in [9.17, 15) is 9.90 Å². The van der Waals surface area contributed by atoms with Crippen molar-refractivity contribution in [2.24, 2.45) is 0 Å². The highest BCUT2D eigenvalue weighted by Gasteiger charge is 2.42. The van der Waals surface area contributed by atoms with Crippen LogP contribution in [0.4, 0.5) is 0 Å². The van der Waals surface area contributed by atoms with E-state index in [1.165, 1.54) is 0 Å². The summed E-state index contributed by atoms with van der Waals surface area (Å²) in [6, 6.07) is 13.9. The predicted octanol–water partition coefficient (Wildman–Crippen LogP) is 3.65. The first-order valence-electron chi connectivity index (χ1n) is 7.41. The molecule has 0 aliphatic carbocycles. The van der Waals surface area contributed by atoms with Gasteiger partial charge < -0.3 is 9.84 Å². The minimum Gasteiger partial charge on any atom is -0.464 e. The van der Waals surface area contributed by atoms with Gasteiger partial charge in [-0.2, -0.15) is 0 Å². The van der Waals surface area contributed by atoms with Gasteiger partial charge in [0, 0.05) is 5.92 Å². The second kappa shape index (κ2) is 6.27. The topological polar surface area (TPSA) is 46.5 Å². The predicted molar refractivity (Wildman–Crippen MR) is 84.2 cm³/mol. The highest BCUT2D eigenvalue weighted by atomic mass is 16.5. The zero-order chi connectivity index (χ0) is 15.5. The molecule has 0 heterocycles. The van der Waals surface area contributed by atoms with Gasteiger partial charge in [-0.15, -0.1) is 0 Å². The van der Waals surface area contributed by atoms with Gasteiger partial charge >= 0.3 is 5.97 Å². The van der Waals surface area contributed by atoms with Gasteiger partial charge in [-0.3, -0.25) is 0 Å². The van der Waals surface area contributed by atoms with Crippen molar-refractivity contribution in [3.63, 3.8) is 0 Å². The standard InChI is InChI=1S/C18H22O3/c1-4-18(20,17(19)21-5-2)13(3)15-12-8-10-14-9-6-7-11-16(14)15/h6-13,20H,4-5H2,1-3H3. The van der Waals surface area contributed by atoms with E-state index >= 15 is 0 Å². The van der Waals surface area contributed by atoms with Gasteiger partial charge in [0.2, 0.25) is 0 Å². The van der Waals surface area contributed by atoms with Crippen molar-refractivity contribution in [2.45, 2.75) is 38.7 Å². The summed E-state index contributed by atoms with van der Waals surface area (Å²) in [5.41, 5.74) is -0.536. The molecule has 2 aromatic carbocycles. The van der Waals surface area contributed by atoms with Crippen LogP contribution >= 0.6 is 0 Å². The van der Waals surface area contributed by atoms with Crippen molar-refractivity contribution in [1.82, 2.24) is 0 Å². The number of benzene rings is 2. The van der Waals surface area contributed by atoms with Crippen LogP contribution in [0.1, 0.15) is 38.7 Å². The quantitative estimate of drug-likeness (QED) is 0.853. The lowest BCUT2D eigenvalue weighted by atomic mass is 9.79. The molecule has 0 aliphatic rings. The maximum absolute atomic E-state index is 12.2. The smallest absolute Gasteiger partial charge is 0.338 e. The Labute approximate surface area is 125 Å². The third-order valence-electron chi connectivity index (χ3n) is 4.17. The third kappa shape index (κ3) is 2.79. The molecule has 2 atom stereocenters. The van der Waals surface area contributed by atoms with Crippen molar-refractivity contribution in [2.75, 3.05) is 6.61 Å². The Morgan fingerprint density at radius 3 is 2.52 bits per heavy atom. The molecular weight excluding hydrogens is 264 g/mol. The molecule has 2 aromatic rings. The molecule has 0 amide bonds. The molecular formula is C18H22O3. The fraction of sp³-hybridized carbons (Fsp3) is 0.389. The van der Waals surface area contributed by atoms with E-state index in [1.54, 1.807) is 13.8 Å². The molecule has 3 heteroatoms. The average molecular weight is 286 g/mol. The van der Waals surface area contributed by atoms with E-state index in [4.69, 9.17) is 4.74 Å². The Balaban J connectivity index is 2.49. The van der Waals surface area contributed by atoms with Crippen molar-refractivity contribution < 1.29 is 14.6 Å². The molecule has 1 N–H and O–H groups in total. The van der Waals surface area contributed by atoms with Crippen LogP contribution in [0.5, 0.6) is 0 Å². The van der Waals surface area contributed by atoms with E-state index in [0.717, 1.165) is 16.3 Å². The Hall–Kier alpha value is -1.87. The van der Waals surface area contributed by atoms with Crippen LogP contribution < -0.4 is 0 Å². The fourth-order valence-electron chi connectivity index (χ4n) is 2.77. The number of fused-ring (bicyclic) bond motifs is 1. The Kier molecular flexibility index (Phi) is 4.63. The molecule has 0 saturated heterocycles. The summed E-state index contributed by atoms with van der Waals surface area (Å²) < 4.78 is 5.06. The normalized spacial score (nSPS) is 15.4. The second-order valence-electron chi connectivity index (χ2n) is 5.29. The number of ether oxygens (including phenoxy) is 1. The van der Waals surface area contributed by atoms with Crippen molar-refractivity contribution in [3.8, 4) is 0 Å². The monoisotopic (exact) mass is 286 g/mol. The third-order valence-corrected chi connectivity index (χ3v) is 4.17. The summed E-state index contributed by atoms with van der Waals surface area (Å²) in [4.78, 5) is 12.2. The van der Waals surface area contributed by atoms with Crippen LogP contribution in [0.3, 0.4) is 0 Å². The first-order chi connectivity index (χ1) is 10.0. The number of carbonyl (C=O) groups excluding carboxylic acids is 1. The van der Waals surface area contributed by atoms with E-state index in [1.807, 2.05) is 49.4 Å². The molecule has 112 valence electrons. The summed E-state index contributed by atoms with van der Waals surface area (Å²) >= 11 is 0. The van der Waals surface area contributed by atoms with Gasteiger partial charge in [0.15, 0.2) is 5.60 Å². The SMILES string of the molecule is CCOC(=O)C(O)(CC)C(C)c1cccc2ccccc12. The van der Waals surface area contributed by atoms with Crippen LogP contribution in [0.2, 0.25) is 0 Å². The molecule has 0 spiro atoms. The largest absolute Gasteiger partial charge is 0.464 e. The van der Waals surface area contributed by atoms with Gasteiger partial charge in [-0.05, 0) is 29.7 Å². The van der Waals surface area contributed by atoms with E-state index in [-0.39, 0.29) is 12.5 Å². The zero-order valence-electron chi connectivity index (χ0n) is 12.8.